The normalized spacial score (nSPS) is 15.1. The van der Waals surface area contributed by atoms with Gasteiger partial charge in [0.05, 0.1) is 6.10 Å². The number of benzene rings is 1. The van der Waals surface area contributed by atoms with Crippen molar-refractivity contribution in [1.82, 2.24) is 5.32 Å². The van der Waals surface area contributed by atoms with Crippen LogP contribution in [0.4, 0.5) is 0 Å². The average molecular weight is 258 g/mol. The maximum atomic E-state index is 9.14. The van der Waals surface area contributed by atoms with Crippen molar-refractivity contribution in [1.29, 1.82) is 0 Å². The van der Waals surface area contributed by atoms with E-state index in [2.05, 4.69) is 34.2 Å². The van der Waals surface area contributed by atoms with Crippen LogP contribution in [-0.4, -0.2) is 17.8 Å². The van der Waals surface area contributed by atoms with Gasteiger partial charge in [-0.15, -0.1) is 0 Å². The molecule has 0 saturated heterocycles. The molecule has 0 aliphatic heterocycles. The lowest BCUT2D eigenvalue weighted by atomic mass is 10.1. The van der Waals surface area contributed by atoms with E-state index in [9.17, 15) is 0 Å². The molecule has 1 aromatic carbocycles. The van der Waals surface area contributed by atoms with Crippen molar-refractivity contribution in [2.75, 3.05) is 6.54 Å². The molecule has 0 spiro atoms. The molecule has 0 amide bonds. The molecule has 0 bridgehead atoms. The second kappa shape index (κ2) is 5.49. The van der Waals surface area contributed by atoms with Gasteiger partial charge in [0, 0.05) is 17.1 Å². The highest BCUT2D eigenvalue weighted by Gasteiger charge is 2.08. The molecule has 0 aliphatic carbocycles. The van der Waals surface area contributed by atoms with Gasteiger partial charge in [0.1, 0.15) is 0 Å². The quantitative estimate of drug-likeness (QED) is 0.869. The molecule has 0 radical (unpaired) electrons. The number of aliphatic hydroxyl groups is 1. The maximum Gasteiger partial charge on any atom is 0.0636 e. The summed E-state index contributed by atoms with van der Waals surface area (Å²) in [4.78, 5) is 0. The van der Waals surface area contributed by atoms with E-state index in [4.69, 9.17) is 5.11 Å². The van der Waals surface area contributed by atoms with Crippen molar-refractivity contribution in [3.05, 3.63) is 34.3 Å². The Balaban J connectivity index is 2.60. The van der Waals surface area contributed by atoms with Crippen molar-refractivity contribution >= 4 is 15.9 Å². The molecule has 0 fully saturated rings. The fourth-order valence-electron chi connectivity index (χ4n) is 1.28. The van der Waals surface area contributed by atoms with Gasteiger partial charge in [0.25, 0.3) is 0 Å². The van der Waals surface area contributed by atoms with E-state index in [-0.39, 0.29) is 12.1 Å². The lowest BCUT2D eigenvalue weighted by molar-refractivity contribution is 0.187. The maximum absolute atomic E-state index is 9.14. The smallest absolute Gasteiger partial charge is 0.0636 e. The first-order valence-electron chi connectivity index (χ1n) is 4.77. The van der Waals surface area contributed by atoms with Crippen molar-refractivity contribution in [3.8, 4) is 0 Å². The first kappa shape index (κ1) is 11.7. The Morgan fingerprint density at radius 3 is 2.57 bits per heavy atom. The van der Waals surface area contributed by atoms with Gasteiger partial charge in [-0.1, -0.05) is 34.1 Å². The van der Waals surface area contributed by atoms with E-state index in [1.165, 1.54) is 5.56 Å². The standard InChI is InChI=1S/C11H16BrNO/c1-8(14)7-13-9(2)10-5-3-4-6-11(10)12/h3-6,8-9,13-14H,7H2,1-2H3. The van der Waals surface area contributed by atoms with Gasteiger partial charge in [-0.05, 0) is 25.5 Å². The predicted octanol–water partition coefficient (Wildman–Crippen LogP) is 2.48. The van der Waals surface area contributed by atoms with Crippen LogP contribution in [0.15, 0.2) is 28.7 Å². The molecule has 3 heteroatoms. The number of hydrogen-bond donors (Lipinski definition) is 2. The largest absolute Gasteiger partial charge is 0.392 e. The molecule has 2 unspecified atom stereocenters. The van der Waals surface area contributed by atoms with Gasteiger partial charge in [0.15, 0.2) is 0 Å². The zero-order chi connectivity index (χ0) is 10.6. The number of nitrogens with one attached hydrogen (secondary N) is 1. The zero-order valence-corrected chi connectivity index (χ0v) is 10.1. The van der Waals surface area contributed by atoms with Crippen LogP contribution in [0, 0.1) is 0 Å². The molecule has 1 aromatic rings. The number of hydrogen-bond acceptors (Lipinski definition) is 2. The molecule has 2 atom stereocenters. The first-order valence-corrected chi connectivity index (χ1v) is 5.56. The molecule has 1 rings (SSSR count). The van der Waals surface area contributed by atoms with Crippen molar-refractivity contribution < 1.29 is 5.11 Å². The second-order valence-corrected chi connectivity index (χ2v) is 4.35. The van der Waals surface area contributed by atoms with E-state index >= 15 is 0 Å². The van der Waals surface area contributed by atoms with Crippen molar-refractivity contribution in [2.24, 2.45) is 0 Å². The fraction of sp³-hybridized carbons (Fsp3) is 0.455. The monoisotopic (exact) mass is 257 g/mol. The molecule has 78 valence electrons. The molecule has 0 heterocycles. The predicted molar refractivity (Wildman–Crippen MR) is 62.2 cm³/mol. The minimum absolute atomic E-state index is 0.250. The topological polar surface area (TPSA) is 32.3 Å². The highest BCUT2D eigenvalue weighted by atomic mass is 79.9. The second-order valence-electron chi connectivity index (χ2n) is 3.50. The third-order valence-corrected chi connectivity index (χ3v) is 2.81. The van der Waals surface area contributed by atoms with Gasteiger partial charge in [0.2, 0.25) is 0 Å². The summed E-state index contributed by atoms with van der Waals surface area (Å²) < 4.78 is 1.10. The van der Waals surface area contributed by atoms with Crippen molar-refractivity contribution in [2.45, 2.75) is 26.0 Å². The van der Waals surface area contributed by atoms with Crippen LogP contribution in [0.5, 0.6) is 0 Å². The molecule has 14 heavy (non-hydrogen) atoms. The summed E-state index contributed by atoms with van der Waals surface area (Å²) in [6.45, 7) is 4.48. The summed E-state index contributed by atoms with van der Waals surface area (Å²) in [7, 11) is 0. The van der Waals surface area contributed by atoms with E-state index in [1.54, 1.807) is 6.92 Å². The van der Waals surface area contributed by atoms with Gasteiger partial charge >= 0.3 is 0 Å². The minimum Gasteiger partial charge on any atom is -0.392 e. The van der Waals surface area contributed by atoms with Gasteiger partial charge in [-0.3, -0.25) is 0 Å². The Morgan fingerprint density at radius 2 is 2.00 bits per heavy atom. The van der Waals surface area contributed by atoms with Gasteiger partial charge in [-0.25, -0.2) is 0 Å². The summed E-state index contributed by atoms with van der Waals surface area (Å²) in [5.41, 5.74) is 1.22. The average Bonchev–Trinajstić information content (AvgIpc) is 2.15. The van der Waals surface area contributed by atoms with Gasteiger partial charge < -0.3 is 10.4 Å². The Hall–Kier alpha value is -0.380. The van der Waals surface area contributed by atoms with Crippen LogP contribution >= 0.6 is 15.9 Å². The third-order valence-electron chi connectivity index (χ3n) is 2.09. The molecular formula is C11H16BrNO. The summed E-state index contributed by atoms with van der Waals surface area (Å²) in [6, 6.07) is 8.36. The SMILES string of the molecule is CC(O)CNC(C)c1ccccc1Br. The summed E-state index contributed by atoms with van der Waals surface area (Å²) in [6.07, 6.45) is -0.306. The van der Waals surface area contributed by atoms with E-state index < -0.39 is 0 Å². The molecular weight excluding hydrogens is 242 g/mol. The van der Waals surface area contributed by atoms with Crippen LogP contribution < -0.4 is 5.32 Å². The van der Waals surface area contributed by atoms with Crippen LogP contribution in [0.1, 0.15) is 25.5 Å². The summed E-state index contributed by atoms with van der Waals surface area (Å²) in [5, 5.41) is 12.4. The highest BCUT2D eigenvalue weighted by molar-refractivity contribution is 9.10. The molecule has 2 N–H and O–H groups in total. The first-order chi connectivity index (χ1) is 6.61. The Morgan fingerprint density at radius 1 is 1.36 bits per heavy atom. The lowest BCUT2D eigenvalue weighted by Gasteiger charge is -2.16. The van der Waals surface area contributed by atoms with E-state index in [0.717, 1.165) is 4.47 Å². The van der Waals surface area contributed by atoms with Crippen LogP contribution in [-0.2, 0) is 0 Å². The van der Waals surface area contributed by atoms with E-state index in [1.807, 2.05) is 18.2 Å². The third kappa shape index (κ3) is 3.40. The zero-order valence-electron chi connectivity index (χ0n) is 8.50. The van der Waals surface area contributed by atoms with Crippen LogP contribution in [0.25, 0.3) is 0 Å². The molecule has 0 saturated carbocycles. The Labute approximate surface area is 93.5 Å². The summed E-state index contributed by atoms with van der Waals surface area (Å²) in [5.74, 6) is 0. The fourth-order valence-corrected chi connectivity index (χ4v) is 1.91. The Bertz CT molecular complexity index is 288. The highest BCUT2D eigenvalue weighted by Crippen LogP contribution is 2.22. The van der Waals surface area contributed by atoms with Crippen LogP contribution in [0.3, 0.4) is 0 Å². The lowest BCUT2D eigenvalue weighted by Crippen LogP contribution is -2.27. The van der Waals surface area contributed by atoms with E-state index in [0.29, 0.717) is 6.54 Å². The molecule has 0 aliphatic rings. The Kier molecular flexibility index (Phi) is 4.58. The number of halogens is 1. The van der Waals surface area contributed by atoms with Crippen molar-refractivity contribution in [3.63, 3.8) is 0 Å². The summed E-state index contributed by atoms with van der Waals surface area (Å²) >= 11 is 3.50. The number of rotatable bonds is 4. The molecule has 0 aromatic heterocycles. The minimum atomic E-state index is -0.306. The number of aliphatic hydroxyl groups excluding tert-OH is 1. The van der Waals surface area contributed by atoms with Crippen LogP contribution in [0.2, 0.25) is 0 Å². The molecule has 2 nitrogen and oxygen atoms in total. The van der Waals surface area contributed by atoms with Gasteiger partial charge in [-0.2, -0.15) is 0 Å².